The average molecular weight is 690 g/mol. The molecular weight excluding hydrogens is 638 g/mol. The van der Waals surface area contributed by atoms with Crippen LogP contribution in [0.2, 0.25) is 43.8 Å². The van der Waals surface area contributed by atoms with E-state index < -0.39 is 16.4 Å². The first kappa shape index (κ1) is 36.0. The van der Waals surface area contributed by atoms with Crippen molar-refractivity contribution in [3.8, 4) is 16.9 Å². The van der Waals surface area contributed by atoms with Gasteiger partial charge in [-0.3, -0.25) is 4.79 Å². The number of benzene rings is 3. The number of fused-ring (bicyclic) bond motifs is 1. The van der Waals surface area contributed by atoms with Crippen LogP contribution in [0.4, 0.5) is 4.39 Å². The molecule has 7 nitrogen and oxygen atoms in total. The molecule has 48 heavy (non-hydrogen) atoms. The highest BCUT2D eigenvalue weighted by Gasteiger charge is 2.37. The number of nitrogens with zero attached hydrogens (tertiary/aromatic N) is 3. The van der Waals surface area contributed by atoms with Crippen molar-refractivity contribution in [1.29, 1.82) is 0 Å². The highest BCUT2D eigenvalue weighted by molar-refractivity contribution is 6.76. The van der Waals surface area contributed by atoms with E-state index in [0.29, 0.717) is 37.8 Å². The molecular formula is C38H52FN3O4Si2. The van der Waals surface area contributed by atoms with E-state index in [4.69, 9.17) is 19.0 Å². The summed E-state index contributed by atoms with van der Waals surface area (Å²) in [5.74, 6) is 0.163. The molecule has 258 valence electrons. The van der Waals surface area contributed by atoms with Gasteiger partial charge in [0.1, 0.15) is 18.3 Å². The summed E-state index contributed by atoms with van der Waals surface area (Å²) in [5, 5.41) is 5.87. The van der Waals surface area contributed by atoms with Crippen LogP contribution in [0, 0.1) is 5.82 Å². The van der Waals surface area contributed by atoms with Gasteiger partial charge in [-0.1, -0.05) is 64.7 Å². The lowest BCUT2D eigenvalue weighted by Gasteiger charge is -2.36. The fourth-order valence-corrected chi connectivity index (χ4v) is 6.95. The van der Waals surface area contributed by atoms with Crippen molar-refractivity contribution in [2.45, 2.75) is 103 Å². The number of halogens is 1. The molecule has 0 bridgehead atoms. The standard InChI is InChI=1S/C38H52FN3O4Si2/c1-38(2,3)48(8,9)45-25-30-14-13-29(36-34(30)23-40-42(36)26-44-19-20-47(5,6)7)24-41(4)37(43)28-15-18-33(27-11-10-12-31(39)21-27)35(22-28)46-32-16-17-32/h10-15,18,21-23,32H,16-17,19-20,24-26H2,1-9H3. The monoisotopic (exact) mass is 689 g/mol. The highest BCUT2D eigenvalue weighted by atomic mass is 28.4. The van der Waals surface area contributed by atoms with Crippen molar-refractivity contribution in [3.63, 3.8) is 0 Å². The molecule has 1 aliphatic carbocycles. The lowest BCUT2D eigenvalue weighted by atomic mass is 10.0. The molecule has 0 saturated heterocycles. The minimum Gasteiger partial charge on any atom is -0.490 e. The Balaban J connectivity index is 1.42. The van der Waals surface area contributed by atoms with Crippen LogP contribution >= 0.6 is 0 Å². The lowest BCUT2D eigenvalue weighted by Crippen LogP contribution is -2.40. The van der Waals surface area contributed by atoms with E-state index in [1.54, 1.807) is 23.1 Å². The maximum Gasteiger partial charge on any atom is 0.254 e. The molecule has 0 radical (unpaired) electrons. The van der Waals surface area contributed by atoms with Gasteiger partial charge < -0.3 is 18.8 Å². The fraction of sp³-hybridized carbons (Fsp3) is 0.474. The van der Waals surface area contributed by atoms with Gasteiger partial charge >= 0.3 is 0 Å². The Bertz CT molecular complexity index is 1760. The summed E-state index contributed by atoms with van der Waals surface area (Å²) >= 11 is 0. The second-order valence-corrected chi connectivity index (χ2v) is 26.3. The molecule has 10 heteroatoms. The molecule has 1 fully saturated rings. The van der Waals surface area contributed by atoms with Crippen LogP contribution in [0.1, 0.15) is 55.1 Å². The van der Waals surface area contributed by atoms with Crippen LogP contribution in [-0.4, -0.2) is 56.7 Å². The molecule has 0 N–H and O–H groups in total. The Hall–Kier alpha value is -3.32. The third kappa shape index (κ3) is 8.82. The third-order valence-electron chi connectivity index (χ3n) is 9.52. The topological polar surface area (TPSA) is 65.8 Å². The first-order valence-electron chi connectivity index (χ1n) is 17.0. The molecule has 1 saturated carbocycles. The SMILES string of the molecule is CN(Cc1ccc(CO[Si](C)(C)C(C)(C)C)c2cnn(COCC[Si](C)(C)C)c12)C(=O)c1ccc(-c2cccc(F)c2)c(OC2CC2)c1. The summed E-state index contributed by atoms with van der Waals surface area (Å²) < 4.78 is 35.0. The summed E-state index contributed by atoms with van der Waals surface area (Å²) in [7, 11) is -1.40. The minimum atomic E-state index is -1.97. The molecule has 1 heterocycles. The van der Waals surface area contributed by atoms with Gasteiger partial charge in [0.15, 0.2) is 8.32 Å². The van der Waals surface area contributed by atoms with E-state index in [1.165, 1.54) is 12.1 Å². The molecule has 3 aromatic carbocycles. The quantitative estimate of drug-likeness (QED) is 0.0975. The zero-order valence-electron chi connectivity index (χ0n) is 30.2. The van der Waals surface area contributed by atoms with Gasteiger partial charge in [-0.25, -0.2) is 9.07 Å². The lowest BCUT2D eigenvalue weighted by molar-refractivity contribution is 0.0781. The number of ether oxygens (including phenoxy) is 2. The average Bonchev–Trinajstić information content (AvgIpc) is 3.72. The van der Waals surface area contributed by atoms with Crippen molar-refractivity contribution < 1.29 is 23.1 Å². The molecule has 0 unspecified atom stereocenters. The van der Waals surface area contributed by atoms with Crippen LogP contribution in [0.5, 0.6) is 5.75 Å². The van der Waals surface area contributed by atoms with Crippen molar-refractivity contribution in [2.75, 3.05) is 13.7 Å². The molecule has 0 atom stereocenters. The van der Waals surface area contributed by atoms with E-state index in [-0.39, 0.29) is 22.9 Å². The maximum absolute atomic E-state index is 14.1. The maximum atomic E-state index is 14.1. The fourth-order valence-electron chi connectivity index (χ4n) is 5.24. The molecule has 1 aliphatic rings. The van der Waals surface area contributed by atoms with Gasteiger partial charge in [-0.2, -0.15) is 5.10 Å². The van der Waals surface area contributed by atoms with Gasteiger partial charge in [0, 0.05) is 44.8 Å². The number of aromatic nitrogens is 2. The Morgan fingerprint density at radius 1 is 1.02 bits per heavy atom. The van der Waals surface area contributed by atoms with E-state index in [9.17, 15) is 9.18 Å². The van der Waals surface area contributed by atoms with Gasteiger partial charge in [-0.15, -0.1) is 0 Å². The first-order valence-corrected chi connectivity index (χ1v) is 23.6. The Morgan fingerprint density at radius 3 is 2.42 bits per heavy atom. The van der Waals surface area contributed by atoms with Crippen LogP contribution in [-0.2, 0) is 29.0 Å². The van der Waals surface area contributed by atoms with Crippen molar-refractivity contribution in [3.05, 3.63) is 83.3 Å². The molecule has 5 rings (SSSR count). The zero-order chi connectivity index (χ0) is 34.9. The van der Waals surface area contributed by atoms with Crippen molar-refractivity contribution in [2.24, 2.45) is 0 Å². The van der Waals surface area contributed by atoms with E-state index in [1.807, 2.05) is 30.1 Å². The van der Waals surface area contributed by atoms with Gasteiger partial charge in [-0.05, 0) is 84.0 Å². The summed E-state index contributed by atoms with van der Waals surface area (Å²) in [6, 6.07) is 17.2. The van der Waals surface area contributed by atoms with E-state index in [0.717, 1.165) is 52.0 Å². The predicted octanol–water partition coefficient (Wildman–Crippen LogP) is 9.49. The summed E-state index contributed by atoms with van der Waals surface area (Å²) in [4.78, 5) is 15.6. The number of hydrogen-bond acceptors (Lipinski definition) is 5. The van der Waals surface area contributed by atoms with Crippen LogP contribution in [0.3, 0.4) is 0 Å². The van der Waals surface area contributed by atoms with Crippen LogP contribution in [0.25, 0.3) is 22.0 Å². The van der Waals surface area contributed by atoms with Crippen LogP contribution < -0.4 is 4.74 Å². The number of carbonyl (C=O) groups is 1. The summed E-state index contributed by atoms with van der Waals surface area (Å²) in [5.41, 5.74) is 5.03. The second kappa shape index (κ2) is 14.3. The summed E-state index contributed by atoms with van der Waals surface area (Å²) in [6.07, 6.45) is 3.98. The number of hydrogen-bond donors (Lipinski definition) is 0. The predicted molar refractivity (Wildman–Crippen MR) is 197 cm³/mol. The Kier molecular flexibility index (Phi) is 10.7. The van der Waals surface area contributed by atoms with Crippen molar-refractivity contribution >= 4 is 33.2 Å². The van der Waals surface area contributed by atoms with Gasteiger partial charge in [0.25, 0.3) is 5.91 Å². The summed E-state index contributed by atoms with van der Waals surface area (Å²) in [6.45, 7) is 20.2. The first-order chi connectivity index (χ1) is 22.5. The molecule has 1 amide bonds. The Labute approximate surface area is 287 Å². The van der Waals surface area contributed by atoms with E-state index in [2.05, 4.69) is 65.6 Å². The second-order valence-electron chi connectivity index (χ2n) is 15.9. The molecule has 0 spiro atoms. The number of carbonyl (C=O) groups excluding carboxylic acids is 1. The third-order valence-corrected chi connectivity index (χ3v) is 15.7. The molecule has 4 aromatic rings. The van der Waals surface area contributed by atoms with Gasteiger partial charge in [0.05, 0.1) is 24.4 Å². The van der Waals surface area contributed by atoms with E-state index >= 15 is 0 Å². The highest BCUT2D eigenvalue weighted by Crippen LogP contribution is 2.38. The molecule has 0 aliphatic heterocycles. The smallest absolute Gasteiger partial charge is 0.254 e. The Morgan fingerprint density at radius 2 is 1.75 bits per heavy atom. The zero-order valence-corrected chi connectivity index (χ0v) is 32.2. The van der Waals surface area contributed by atoms with Crippen LogP contribution in [0.15, 0.2) is 60.8 Å². The number of rotatable bonds is 14. The molecule has 1 aromatic heterocycles. The normalized spacial score (nSPS) is 14.0. The largest absolute Gasteiger partial charge is 0.490 e. The number of amides is 1. The minimum absolute atomic E-state index is 0.0998. The van der Waals surface area contributed by atoms with Gasteiger partial charge in [0.2, 0.25) is 0 Å². The van der Waals surface area contributed by atoms with Crippen molar-refractivity contribution in [1.82, 2.24) is 14.7 Å².